The molecule has 2 aromatic carbocycles. The van der Waals surface area contributed by atoms with E-state index >= 15 is 0 Å². The predicted molar refractivity (Wildman–Crippen MR) is 105 cm³/mol. The average Bonchev–Trinajstić information content (AvgIpc) is 3.00. The number of rotatable bonds is 2. The minimum Gasteiger partial charge on any atom is -0.456 e. The molecule has 4 rings (SSSR count). The SMILES string of the molecule is [2H]C(C)(C)c1c[n+](C)c(-c2c(C)ccc3c2oc2cc([N+]#[C-])ccc23)cc1F. The van der Waals surface area contributed by atoms with Crippen LogP contribution in [0.3, 0.4) is 0 Å². The first-order valence-electron chi connectivity index (χ1n) is 9.24. The van der Waals surface area contributed by atoms with Crippen LogP contribution in [0.15, 0.2) is 47.0 Å². The summed E-state index contributed by atoms with van der Waals surface area (Å²) in [4.78, 5) is 3.47. The Labute approximate surface area is 158 Å². The lowest BCUT2D eigenvalue weighted by Crippen LogP contribution is -2.32. The van der Waals surface area contributed by atoms with Gasteiger partial charge in [0.2, 0.25) is 5.69 Å². The molecule has 0 aliphatic rings. The predicted octanol–water partition coefficient (Wildman–Crippen LogP) is 6.20. The van der Waals surface area contributed by atoms with E-state index in [0.29, 0.717) is 28.1 Å². The zero-order valence-corrected chi connectivity index (χ0v) is 15.7. The summed E-state index contributed by atoms with van der Waals surface area (Å²) < 4.78 is 31.0. The zero-order chi connectivity index (χ0) is 20.2. The van der Waals surface area contributed by atoms with E-state index in [0.717, 1.165) is 21.9 Å². The molecule has 0 aliphatic heterocycles. The molecular weight excluding hydrogens is 339 g/mol. The van der Waals surface area contributed by atoms with Crippen molar-refractivity contribution in [3.63, 3.8) is 0 Å². The Kier molecular flexibility index (Phi) is 3.68. The molecule has 0 saturated heterocycles. The Morgan fingerprint density at radius 2 is 1.93 bits per heavy atom. The molecule has 0 saturated carbocycles. The van der Waals surface area contributed by atoms with Crippen LogP contribution >= 0.6 is 0 Å². The van der Waals surface area contributed by atoms with Crippen molar-refractivity contribution in [1.82, 2.24) is 0 Å². The van der Waals surface area contributed by atoms with Crippen LogP contribution in [0.5, 0.6) is 0 Å². The third kappa shape index (κ3) is 2.67. The molecule has 0 aliphatic carbocycles. The number of benzene rings is 2. The number of furan rings is 1. The van der Waals surface area contributed by atoms with Crippen LogP contribution in [0.1, 0.15) is 32.2 Å². The van der Waals surface area contributed by atoms with Crippen molar-refractivity contribution in [3.8, 4) is 11.3 Å². The van der Waals surface area contributed by atoms with Gasteiger partial charge in [-0.3, -0.25) is 0 Å². The van der Waals surface area contributed by atoms with E-state index in [9.17, 15) is 4.39 Å². The minimum absolute atomic E-state index is 0.342. The van der Waals surface area contributed by atoms with E-state index in [4.69, 9.17) is 12.4 Å². The van der Waals surface area contributed by atoms with E-state index in [-0.39, 0.29) is 0 Å². The van der Waals surface area contributed by atoms with Crippen molar-refractivity contribution >= 4 is 27.6 Å². The van der Waals surface area contributed by atoms with Gasteiger partial charge in [0.25, 0.3) is 0 Å². The maximum Gasteiger partial charge on any atom is 0.219 e. The molecule has 0 spiro atoms. The number of aryl methyl sites for hydroxylation is 2. The van der Waals surface area contributed by atoms with E-state index in [2.05, 4.69) is 4.85 Å². The molecule has 0 N–H and O–H groups in total. The molecule has 2 heterocycles. The standard InChI is InChI=1S/C23H20FN2O/c1-13(2)18-12-26(5)20(11-19(18)24)22-14(3)6-8-17-16-9-7-15(25-4)10-21(16)27-23(17)22/h6-13H,1-3,5H3/q+1/i13D. The lowest BCUT2D eigenvalue weighted by molar-refractivity contribution is -0.661. The van der Waals surface area contributed by atoms with E-state index in [1.807, 2.05) is 36.7 Å². The fourth-order valence-corrected chi connectivity index (χ4v) is 3.56. The normalized spacial score (nSPS) is 12.4. The fraction of sp³-hybridized carbons (Fsp3) is 0.217. The van der Waals surface area contributed by atoms with E-state index in [1.165, 1.54) is 6.07 Å². The second-order valence-corrected chi connectivity index (χ2v) is 7.06. The first-order chi connectivity index (χ1) is 13.2. The minimum atomic E-state index is -1.03. The van der Waals surface area contributed by atoms with Gasteiger partial charge in [0.05, 0.1) is 17.7 Å². The summed E-state index contributed by atoms with van der Waals surface area (Å²) in [6.45, 7) is 12.5. The summed E-state index contributed by atoms with van der Waals surface area (Å²) >= 11 is 0. The van der Waals surface area contributed by atoms with Crippen LogP contribution in [0.25, 0.3) is 38.0 Å². The molecule has 0 bridgehead atoms. The molecule has 4 aromatic rings. The number of hydrogen-bond acceptors (Lipinski definition) is 1. The molecule has 0 unspecified atom stereocenters. The highest BCUT2D eigenvalue weighted by Gasteiger charge is 2.23. The topological polar surface area (TPSA) is 21.4 Å². The molecule has 0 radical (unpaired) electrons. The van der Waals surface area contributed by atoms with Crippen molar-refractivity contribution in [2.75, 3.05) is 0 Å². The van der Waals surface area contributed by atoms with Gasteiger partial charge < -0.3 is 4.42 Å². The van der Waals surface area contributed by atoms with Gasteiger partial charge in [0.1, 0.15) is 24.0 Å². The fourth-order valence-electron chi connectivity index (χ4n) is 3.56. The van der Waals surface area contributed by atoms with Gasteiger partial charge in [0, 0.05) is 18.2 Å². The third-order valence-electron chi connectivity index (χ3n) is 4.98. The van der Waals surface area contributed by atoms with Gasteiger partial charge in [-0.2, -0.15) is 0 Å². The Balaban J connectivity index is 2.05. The summed E-state index contributed by atoms with van der Waals surface area (Å²) in [6, 6.07) is 10.9. The van der Waals surface area contributed by atoms with Crippen molar-refractivity contribution in [3.05, 3.63) is 71.0 Å². The second kappa shape index (κ2) is 6.21. The lowest BCUT2D eigenvalue weighted by Gasteiger charge is -2.09. The number of fused-ring (bicyclic) bond motifs is 3. The van der Waals surface area contributed by atoms with Gasteiger partial charge in [-0.15, -0.1) is 0 Å². The van der Waals surface area contributed by atoms with Crippen LogP contribution < -0.4 is 4.57 Å². The molecule has 3 nitrogen and oxygen atoms in total. The molecule has 27 heavy (non-hydrogen) atoms. The Morgan fingerprint density at radius 3 is 2.63 bits per heavy atom. The highest BCUT2D eigenvalue weighted by molar-refractivity contribution is 6.10. The van der Waals surface area contributed by atoms with Crippen LogP contribution in [-0.4, -0.2) is 0 Å². The summed E-state index contributed by atoms with van der Waals surface area (Å²) in [7, 11) is 1.85. The van der Waals surface area contributed by atoms with Gasteiger partial charge in [-0.25, -0.2) is 13.8 Å². The summed E-state index contributed by atoms with van der Waals surface area (Å²) in [5.74, 6) is -1.44. The van der Waals surface area contributed by atoms with Crippen LogP contribution in [0.2, 0.25) is 0 Å². The van der Waals surface area contributed by atoms with Gasteiger partial charge in [-0.1, -0.05) is 38.1 Å². The average molecular weight is 360 g/mol. The number of aromatic nitrogens is 1. The molecule has 2 aromatic heterocycles. The number of halogens is 1. The van der Waals surface area contributed by atoms with Gasteiger partial charge >= 0.3 is 0 Å². The maximum absolute atomic E-state index is 14.8. The Bertz CT molecular complexity index is 1290. The molecule has 4 heteroatoms. The first-order valence-corrected chi connectivity index (χ1v) is 8.74. The number of nitrogens with zero attached hydrogens (tertiary/aromatic N) is 2. The molecule has 0 amide bonds. The molecule has 134 valence electrons. The highest BCUT2D eigenvalue weighted by atomic mass is 19.1. The van der Waals surface area contributed by atoms with E-state index in [1.54, 1.807) is 32.2 Å². The number of hydrogen-bond donors (Lipinski definition) is 0. The van der Waals surface area contributed by atoms with Crippen LogP contribution in [0, 0.1) is 19.3 Å². The van der Waals surface area contributed by atoms with Gasteiger partial charge in [0.15, 0.2) is 11.9 Å². The van der Waals surface area contributed by atoms with E-state index < -0.39 is 11.7 Å². The first kappa shape index (κ1) is 16.0. The molecule has 0 fully saturated rings. The maximum atomic E-state index is 14.8. The third-order valence-corrected chi connectivity index (χ3v) is 4.98. The second-order valence-electron chi connectivity index (χ2n) is 7.06. The summed E-state index contributed by atoms with van der Waals surface area (Å²) in [6.07, 6.45) is 1.68. The van der Waals surface area contributed by atoms with Crippen LogP contribution in [-0.2, 0) is 7.05 Å². The zero-order valence-electron chi connectivity index (χ0n) is 16.7. The smallest absolute Gasteiger partial charge is 0.219 e. The van der Waals surface area contributed by atoms with Gasteiger partial charge in [-0.05, 0) is 24.4 Å². The Hall–Kier alpha value is -3.19. The molecular formula is C23H20FN2O+. The van der Waals surface area contributed by atoms with Crippen molar-refractivity contribution in [1.29, 1.82) is 0 Å². The van der Waals surface area contributed by atoms with Crippen molar-refractivity contribution in [2.45, 2.75) is 26.7 Å². The number of pyridine rings is 1. The van der Waals surface area contributed by atoms with Crippen molar-refractivity contribution < 1.29 is 14.7 Å². The summed E-state index contributed by atoms with van der Waals surface area (Å²) in [5, 5.41) is 1.85. The Morgan fingerprint density at radius 1 is 1.19 bits per heavy atom. The molecule has 0 atom stereocenters. The highest BCUT2D eigenvalue weighted by Crippen LogP contribution is 2.38. The monoisotopic (exact) mass is 360 g/mol. The summed E-state index contributed by atoms with van der Waals surface area (Å²) in [5.41, 5.74) is 4.63. The largest absolute Gasteiger partial charge is 0.456 e. The van der Waals surface area contributed by atoms with Crippen LogP contribution in [0.4, 0.5) is 10.1 Å². The lowest BCUT2D eigenvalue weighted by atomic mass is 9.98. The van der Waals surface area contributed by atoms with Crippen molar-refractivity contribution in [2.24, 2.45) is 7.05 Å². The quantitative estimate of drug-likeness (QED) is 0.308.